The number of piperazine rings is 1. The van der Waals surface area contributed by atoms with Gasteiger partial charge in [-0.1, -0.05) is 48.5 Å². The standard InChI is InChI=1S/C21H26F3N3OS2/c1-2-25-30(19-11-7-4-8-12-19,29-17-18-9-5-3-6-10-18)27-15-13-26(14-16-27)20(28)21(22,23)24/h3-12,29H,2,13-17H2,1H3. The number of hydrogen-bond donors (Lipinski definition) is 1. The van der Waals surface area contributed by atoms with Crippen LogP contribution in [0.3, 0.4) is 0 Å². The minimum absolute atomic E-state index is 0.0556. The molecule has 0 radical (unpaired) electrons. The molecule has 1 fully saturated rings. The smallest absolute Gasteiger partial charge is 0.332 e. The molecule has 0 aromatic heterocycles. The first-order valence-corrected chi connectivity index (χ1v) is 13.0. The van der Waals surface area contributed by atoms with E-state index in [4.69, 9.17) is 4.36 Å². The fraction of sp³-hybridized carbons (Fsp3) is 0.381. The van der Waals surface area contributed by atoms with E-state index in [0.29, 0.717) is 19.6 Å². The van der Waals surface area contributed by atoms with Crippen LogP contribution in [-0.2, 0) is 29.4 Å². The van der Waals surface area contributed by atoms with Gasteiger partial charge in [-0.25, -0.2) is 8.67 Å². The van der Waals surface area contributed by atoms with Crippen LogP contribution in [0.1, 0.15) is 12.5 Å². The van der Waals surface area contributed by atoms with Gasteiger partial charge in [-0.2, -0.15) is 13.2 Å². The molecule has 2 aromatic carbocycles. The molecular weight excluding hydrogens is 431 g/mol. The second-order valence-electron chi connectivity index (χ2n) is 6.77. The minimum atomic E-state index is -4.83. The lowest BCUT2D eigenvalue weighted by Gasteiger charge is -2.39. The van der Waals surface area contributed by atoms with Crippen molar-refractivity contribution >= 4 is 24.8 Å². The molecule has 1 aliphatic rings. The van der Waals surface area contributed by atoms with Crippen molar-refractivity contribution in [1.82, 2.24) is 9.21 Å². The molecule has 30 heavy (non-hydrogen) atoms. The van der Waals surface area contributed by atoms with Gasteiger partial charge in [-0.05, 0) is 33.2 Å². The number of carbonyl (C=O) groups is 1. The van der Waals surface area contributed by atoms with Crippen LogP contribution in [0.15, 0.2) is 69.9 Å². The zero-order valence-electron chi connectivity index (χ0n) is 16.8. The highest BCUT2D eigenvalue weighted by Crippen LogP contribution is 2.25. The summed E-state index contributed by atoms with van der Waals surface area (Å²) in [6.45, 7) is 3.47. The Bertz CT molecular complexity index is 964. The molecule has 0 bridgehead atoms. The number of amides is 1. The predicted octanol–water partition coefficient (Wildman–Crippen LogP) is 3.95. The second-order valence-corrected chi connectivity index (χ2v) is 11.9. The lowest BCUT2D eigenvalue weighted by Crippen LogP contribution is -2.53. The third-order valence-corrected chi connectivity index (χ3v) is 11.4. The van der Waals surface area contributed by atoms with Crippen LogP contribution in [0.4, 0.5) is 13.2 Å². The minimum Gasteiger partial charge on any atom is -0.332 e. The Balaban J connectivity index is 1.97. The molecule has 1 saturated heterocycles. The van der Waals surface area contributed by atoms with Gasteiger partial charge >= 0.3 is 12.1 Å². The SMILES string of the molecule is CCN=S(=[SH]Cc1ccccc1)(c1ccccc1)N1CCN(C(=O)C(F)(F)F)CC1. The van der Waals surface area contributed by atoms with E-state index < -0.39 is 20.7 Å². The molecule has 1 heterocycles. The maximum absolute atomic E-state index is 12.8. The number of hydrogen-bond acceptors (Lipinski definition) is 2. The van der Waals surface area contributed by atoms with Gasteiger partial charge in [0.05, 0.1) is 0 Å². The number of nitrogens with zero attached hydrogens (tertiary/aromatic N) is 3. The van der Waals surface area contributed by atoms with Gasteiger partial charge in [0.1, 0.15) is 0 Å². The summed E-state index contributed by atoms with van der Waals surface area (Å²) in [4.78, 5) is 13.7. The summed E-state index contributed by atoms with van der Waals surface area (Å²) in [5, 5.41) is 0. The molecule has 1 atom stereocenters. The number of halogens is 3. The zero-order valence-corrected chi connectivity index (χ0v) is 18.5. The molecule has 1 unspecified atom stereocenters. The van der Waals surface area contributed by atoms with E-state index in [1.807, 2.05) is 43.3 Å². The van der Waals surface area contributed by atoms with E-state index in [-0.39, 0.29) is 13.1 Å². The van der Waals surface area contributed by atoms with E-state index in [2.05, 4.69) is 28.6 Å². The van der Waals surface area contributed by atoms with Crippen LogP contribution in [0.25, 0.3) is 0 Å². The van der Waals surface area contributed by atoms with Gasteiger partial charge in [-0.15, -0.1) is 10.3 Å². The van der Waals surface area contributed by atoms with Gasteiger partial charge in [0.25, 0.3) is 0 Å². The lowest BCUT2D eigenvalue weighted by atomic mass is 10.2. The molecule has 1 aliphatic heterocycles. The maximum atomic E-state index is 12.8. The number of rotatable bonds is 5. The van der Waals surface area contributed by atoms with Gasteiger partial charge in [0.15, 0.2) is 0 Å². The summed E-state index contributed by atoms with van der Waals surface area (Å²) < 4.78 is 45.8. The van der Waals surface area contributed by atoms with Crippen molar-refractivity contribution in [3.8, 4) is 0 Å². The first kappa shape index (κ1) is 22.8. The second kappa shape index (κ2) is 9.98. The van der Waals surface area contributed by atoms with Crippen LogP contribution >= 0.6 is 0 Å². The van der Waals surface area contributed by atoms with Gasteiger partial charge in [-0.3, -0.25) is 4.79 Å². The molecular formula is C21H26F3N3OS2. The zero-order chi connectivity index (χ0) is 21.6. The van der Waals surface area contributed by atoms with Crippen LogP contribution < -0.4 is 0 Å². The lowest BCUT2D eigenvalue weighted by molar-refractivity contribution is -0.186. The topological polar surface area (TPSA) is 35.9 Å². The molecule has 0 saturated carbocycles. The summed E-state index contributed by atoms with van der Waals surface area (Å²) in [7, 11) is -0.690. The summed E-state index contributed by atoms with van der Waals surface area (Å²) in [5.74, 6) is -0.951. The van der Waals surface area contributed by atoms with E-state index in [1.165, 1.54) is 5.56 Å². The Labute approximate surface area is 179 Å². The highest BCUT2D eigenvalue weighted by Gasteiger charge is 2.43. The molecule has 0 spiro atoms. The van der Waals surface area contributed by atoms with Crippen LogP contribution in [-0.4, -0.2) is 54.0 Å². The van der Waals surface area contributed by atoms with Crippen molar-refractivity contribution < 1.29 is 18.0 Å². The number of carbonyl (C=O) groups excluding carboxylic acids is 1. The number of benzene rings is 2. The maximum Gasteiger partial charge on any atom is 0.471 e. The molecule has 3 rings (SSSR count). The quantitative estimate of drug-likeness (QED) is 0.690. The fourth-order valence-corrected chi connectivity index (χ4v) is 9.83. The molecule has 0 N–H and O–H groups in total. The van der Waals surface area contributed by atoms with Crippen LogP contribution in [0.5, 0.6) is 0 Å². The molecule has 164 valence electrons. The van der Waals surface area contributed by atoms with Crippen LogP contribution in [0.2, 0.25) is 0 Å². The van der Waals surface area contributed by atoms with E-state index in [9.17, 15) is 18.0 Å². The summed E-state index contributed by atoms with van der Waals surface area (Å²) in [5.41, 5.74) is 1.20. The summed E-state index contributed by atoms with van der Waals surface area (Å²) in [6.07, 6.45) is -4.83. The van der Waals surface area contributed by atoms with Gasteiger partial charge < -0.3 is 4.90 Å². The van der Waals surface area contributed by atoms with Crippen molar-refractivity contribution in [2.24, 2.45) is 4.36 Å². The Hall–Kier alpha value is -1.84. The van der Waals surface area contributed by atoms with E-state index >= 15 is 0 Å². The molecule has 9 heteroatoms. The normalized spacial score (nSPS) is 17.4. The molecule has 0 aliphatic carbocycles. The largest absolute Gasteiger partial charge is 0.471 e. The van der Waals surface area contributed by atoms with E-state index in [1.54, 1.807) is 0 Å². The Kier molecular flexibility index (Phi) is 7.60. The Morgan fingerprint density at radius 1 is 1.00 bits per heavy atom. The third-order valence-electron chi connectivity index (χ3n) is 4.77. The van der Waals surface area contributed by atoms with Crippen molar-refractivity contribution in [2.45, 2.75) is 23.7 Å². The van der Waals surface area contributed by atoms with Gasteiger partial charge in [0.2, 0.25) is 0 Å². The average molecular weight is 458 g/mol. The van der Waals surface area contributed by atoms with Gasteiger partial charge in [0, 0.05) is 43.4 Å². The van der Waals surface area contributed by atoms with Crippen molar-refractivity contribution in [1.29, 1.82) is 0 Å². The highest BCUT2D eigenvalue weighted by molar-refractivity contribution is 8.39. The van der Waals surface area contributed by atoms with Crippen molar-refractivity contribution in [3.05, 3.63) is 66.2 Å². The predicted molar refractivity (Wildman–Crippen MR) is 118 cm³/mol. The first-order valence-electron chi connectivity index (χ1n) is 9.78. The van der Waals surface area contributed by atoms with E-state index in [0.717, 1.165) is 25.9 Å². The van der Waals surface area contributed by atoms with Crippen LogP contribution in [0, 0.1) is 0 Å². The van der Waals surface area contributed by atoms with Crippen molar-refractivity contribution in [2.75, 3.05) is 32.7 Å². The monoisotopic (exact) mass is 457 g/mol. The fourth-order valence-electron chi connectivity index (χ4n) is 3.36. The molecule has 1 amide bonds. The summed E-state index contributed by atoms with van der Waals surface area (Å²) >= 11 is 0. The average Bonchev–Trinajstić information content (AvgIpc) is 2.77. The highest BCUT2D eigenvalue weighted by atomic mass is 32.9. The Morgan fingerprint density at radius 3 is 2.10 bits per heavy atom. The number of thiol groups is 1. The molecule has 4 nitrogen and oxygen atoms in total. The Morgan fingerprint density at radius 2 is 1.57 bits per heavy atom. The molecule has 2 aromatic rings. The first-order chi connectivity index (χ1) is 14.4. The third kappa shape index (κ3) is 5.25. The van der Waals surface area contributed by atoms with Crippen molar-refractivity contribution in [3.63, 3.8) is 0 Å². The summed E-state index contributed by atoms with van der Waals surface area (Å²) in [6, 6.07) is 20.2. The number of alkyl halides is 3.